The molecule has 29 heavy (non-hydrogen) atoms. The Morgan fingerprint density at radius 3 is 2.72 bits per heavy atom. The van der Waals surface area contributed by atoms with Crippen LogP contribution in [-0.4, -0.2) is 23.7 Å². The van der Waals surface area contributed by atoms with E-state index in [0.717, 1.165) is 32.4 Å². The molecule has 0 amide bonds. The highest BCUT2D eigenvalue weighted by molar-refractivity contribution is 5.32. The quantitative estimate of drug-likeness (QED) is 0.732. The van der Waals surface area contributed by atoms with Crippen molar-refractivity contribution in [2.75, 3.05) is 13.2 Å². The number of nitrogens with one attached hydrogen (secondary N) is 1. The Morgan fingerprint density at radius 2 is 1.86 bits per heavy atom. The predicted molar refractivity (Wildman–Crippen MR) is 117 cm³/mol. The fourth-order valence-corrected chi connectivity index (χ4v) is 6.25. The van der Waals surface area contributed by atoms with E-state index in [9.17, 15) is 0 Å². The van der Waals surface area contributed by atoms with E-state index in [2.05, 4.69) is 41.7 Å². The van der Waals surface area contributed by atoms with Crippen molar-refractivity contribution in [2.45, 2.75) is 81.3 Å². The Morgan fingerprint density at radius 1 is 1.00 bits per heavy atom. The largest absolute Gasteiger partial charge is 0.375 e. The number of aryl methyl sites for hydroxylation is 1. The lowest BCUT2D eigenvalue weighted by molar-refractivity contribution is -0.104. The van der Waals surface area contributed by atoms with Gasteiger partial charge in [-0.15, -0.1) is 0 Å². The van der Waals surface area contributed by atoms with E-state index >= 15 is 0 Å². The summed E-state index contributed by atoms with van der Waals surface area (Å²) >= 11 is 0. The van der Waals surface area contributed by atoms with Crippen LogP contribution in [0.3, 0.4) is 0 Å². The molecule has 2 fully saturated rings. The van der Waals surface area contributed by atoms with Crippen LogP contribution < -0.4 is 5.32 Å². The van der Waals surface area contributed by atoms with Gasteiger partial charge in [-0.25, -0.2) is 0 Å². The minimum atomic E-state index is 0.104. The molecule has 1 aromatic heterocycles. The lowest BCUT2D eigenvalue weighted by atomic mass is 9.68. The van der Waals surface area contributed by atoms with Gasteiger partial charge in [-0.05, 0) is 81.2 Å². The van der Waals surface area contributed by atoms with Gasteiger partial charge >= 0.3 is 0 Å². The number of hydrogen-bond acceptors (Lipinski definition) is 3. The van der Waals surface area contributed by atoms with Gasteiger partial charge in [0.15, 0.2) is 0 Å². The molecule has 0 bridgehead atoms. The summed E-state index contributed by atoms with van der Waals surface area (Å²) in [5, 5.41) is 3.93. The SMILES string of the molecule is c1ccc([C@]2(CCNC3CCCc4ccccc43)CCOC3(CCCC3)C2)nc1. The maximum absolute atomic E-state index is 6.40. The second-order valence-corrected chi connectivity index (χ2v) is 9.51. The van der Waals surface area contributed by atoms with Gasteiger partial charge in [-0.3, -0.25) is 4.98 Å². The Balaban J connectivity index is 1.34. The third-order valence-corrected chi connectivity index (χ3v) is 7.74. The van der Waals surface area contributed by atoms with E-state index in [0.29, 0.717) is 6.04 Å². The summed E-state index contributed by atoms with van der Waals surface area (Å²) in [6.45, 7) is 1.93. The van der Waals surface area contributed by atoms with Crippen LogP contribution in [0.4, 0.5) is 0 Å². The average Bonchev–Trinajstić information content (AvgIpc) is 3.22. The smallest absolute Gasteiger partial charge is 0.0691 e. The van der Waals surface area contributed by atoms with Crippen LogP contribution >= 0.6 is 0 Å². The first-order chi connectivity index (χ1) is 14.3. The lowest BCUT2D eigenvalue weighted by Crippen LogP contribution is -2.47. The minimum absolute atomic E-state index is 0.104. The second-order valence-electron chi connectivity index (χ2n) is 9.51. The molecule has 3 aliphatic rings. The first kappa shape index (κ1) is 19.3. The standard InChI is InChI=1S/C26H34N2O/c1-2-10-22-21(8-1)9-7-11-23(22)27-18-15-25(24-12-3-6-17-28-24)16-19-29-26(20-25)13-4-5-14-26/h1-3,6,8,10,12,17,23,27H,4-5,7,9,11,13-16,18-20H2/t23?,25-/m1/s1. The molecule has 1 spiro atoms. The molecule has 2 aromatic rings. The van der Waals surface area contributed by atoms with Gasteiger partial charge in [0.2, 0.25) is 0 Å². The normalized spacial score (nSPS) is 28.3. The first-order valence-electron chi connectivity index (χ1n) is 11.7. The van der Waals surface area contributed by atoms with Crippen LogP contribution in [0.15, 0.2) is 48.7 Å². The van der Waals surface area contributed by atoms with Crippen LogP contribution in [0.1, 0.15) is 80.7 Å². The number of benzene rings is 1. The number of hydrogen-bond donors (Lipinski definition) is 1. The maximum atomic E-state index is 6.40. The zero-order valence-electron chi connectivity index (χ0n) is 17.5. The molecule has 0 radical (unpaired) electrons. The Kier molecular flexibility index (Phi) is 5.45. The minimum Gasteiger partial charge on any atom is -0.375 e. The van der Waals surface area contributed by atoms with Gasteiger partial charge in [0.1, 0.15) is 0 Å². The number of rotatable bonds is 5. The molecule has 1 saturated carbocycles. The predicted octanol–water partition coefficient (Wildman–Crippen LogP) is 5.50. The van der Waals surface area contributed by atoms with Crippen molar-refractivity contribution in [3.63, 3.8) is 0 Å². The van der Waals surface area contributed by atoms with Crippen LogP contribution in [0.5, 0.6) is 0 Å². The molecule has 1 aromatic carbocycles. The maximum Gasteiger partial charge on any atom is 0.0691 e. The molecule has 3 heteroatoms. The topological polar surface area (TPSA) is 34.1 Å². The highest BCUT2D eigenvalue weighted by Crippen LogP contribution is 2.49. The molecule has 2 aliphatic carbocycles. The summed E-state index contributed by atoms with van der Waals surface area (Å²) in [6, 6.07) is 16.0. The molecule has 2 heterocycles. The Hall–Kier alpha value is -1.71. The van der Waals surface area contributed by atoms with E-state index in [1.54, 1.807) is 0 Å². The summed E-state index contributed by atoms with van der Waals surface area (Å²) in [4.78, 5) is 4.85. The van der Waals surface area contributed by atoms with Gasteiger partial charge < -0.3 is 10.1 Å². The lowest BCUT2D eigenvalue weighted by Gasteiger charge is -2.46. The van der Waals surface area contributed by atoms with Crippen molar-refractivity contribution in [3.05, 3.63) is 65.5 Å². The molecule has 154 valence electrons. The molecule has 1 saturated heterocycles. The van der Waals surface area contributed by atoms with Gasteiger partial charge in [0, 0.05) is 30.0 Å². The average molecular weight is 391 g/mol. The van der Waals surface area contributed by atoms with Crippen molar-refractivity contribution in [2.24, 2.45) is 0 Å². The fraction of sp³-hybridized carbons (Fsp3) is 0.577. The van der Waals surface area contributed by atoms with Gasteiger partial charge in [-0.1, -0.05) is 43.2 Å². The molecule has 5 rings (SSSR count). The summed E-state index contributed by atoms with van der Waals surface area (Å²) in [5.74, 6) is 0. The van der Waals surface area contributed by atoms with Crippen molar-refractivity contribution in [1.29, 1.82) is 0 Å². The zero-order valence-corrected chi connectivity index (χ0v) is 17.5. The van der Waals surface area contributed by atoms with E-state index in [-0.39, 0.29) is 11.0 Å². The van der Waals surface area contributed by atoms with Crippen LogP contribution in [0.25, 0.3) is 0 Å². The van der Waals surface area contributed by atoms with Crippen molar-refractivity contribution in [3.8, 4) is 0 Å². The van der Waals surface area contributed by atoms with E-state index in [1.165, 1.54) is 61.8 Å². The molecule has 1 N–H and O–H groups in total. The highest BCUT2D eigenvalue weighted by atomic mass is 16.5. The van der Waals surface area contributed by atoms with Crippen molar-refractivity contribution in [1.82, 2.24) is 10.3 Å². The summed E-state index contributed by atoms with van der Waals surface area (Å²) in [5.41, 5.74) is 4.58. The summed E-state index contributed by atoms with van der Waals surface area (Å²) in [7, 11) is 0. The number of nitrogens with zero attached hydrogens (tertiary/aromatic N) is 1. The Bertz CT molecular complexity index is 814. The van der Waals surface area contributed by atoms with Crippen LogP contribution in [-0.2, 0) is 16.6 Å². The highest BCUT2D eigenvalue weighted by Gasteiger charge is 2.48. The van der Waals surface area contributed by atoms with Gasteiger partial charge in [-0.2, -0.15) is 0 Å². The second kappa shape index (κ2) is 8.20. The van der Waals surface area contributed by atoms with E-state index < -0.39 is 0 Å². The van der Waals surface area contributed by atoms with E-state index in [4.69, 9.17) is 9.72 Å². The monoisotopic (exact) mass is 390 g/mol. The first-order valence-corrected chi connectivity index (χ1v) is 11.7. The third-order valence-electron chi connectivity index (χ3n) is 7.74. The summed E-state index contributed by atoms with van der Waals surface area (Å²) in [6.07, 6.45) is 14.2. The molecule has 1 aliphatic heterocycles. The molecule has 2 atom stereocenters. The third kappa shape index (κ3) is 3.87. The molecular formula is C26H34N2O. The van der Waals surface area contributed by atoms with Crippen molar-refractivity contribution >= 4 is 0 Å². The number of aromatic nitrogens is 1. The molecule has 1 unspecified atom stereocenters. The fourth-order valence-electron chi connectivity index (χ4n) is 6.25. The van der Waals surface area contributed by atoms with Crippen LogP contribution in [0, 0.1) is 0 Å². The number of ether oxygens (including phenoxy) is 1. The Labute approximate surface area is 175 Å². The molecular weight excluding hydrogens is 356 g/mol. The van der Waals surface area contributed by atoms with Crippen molar-refractivity contribution < 1.29 is 4.74 Å². The summed E-state index contributed by atoms with van der Waals surface area (Å²) < 4.78 is 6.40. The molecule has 3 nitrogen and oxygen atoms in total. The van der Waals surface area contributed by atoms with Crippen LogP contribution in [0.2, 0.25) is 0 Å². The number of pyridine rings is 1. The zero-order chi connectivity index (χ0) is 19.6. The van der Waals surface area contributed by atoms with Gasteiger partial charge in [0.25, 0.3) is 0 Å². The number of fused-ring (bicyclic) bond motifs is 1. The van der Waals surface area contributed by atoms with Gasteiger partial charge in [0.05, 0.1) is 5.60 Å². The van der Waals surface area contributed by atoms with E-state index in [1.807, 2.05) is 12.3 Å².